The molecule has 0 unspecified atom stereocenters. The molecule has 0 saturated carbocycles. The number of anilines is 5. The number of unbranched alkanes of at least 4 members (excludes halogenated alkanes) is 1. The number of nitrogens with zero attached hydrogens (tertiary/aromatic N) is 2. The molecular weight excluding hydrogens is 884 g/mol. The minimum Gasteiger partial charge on any atom is -0.456 e. The van der Waals surface area contributed by atoms with Crippen molar-refractivity contribution in [1.29, 1.82) is 0 Å². The first kappa shape index (κ1) is 40.7. The predicted molar refractivity (Wildman–Crippen MR) is 295 cm³/mol. The number of para-hydroxylation sites is 4. The van der Waals surface area contributed by atoms with E-state index in [9.17, 15) is 0 Å². The Hall–Kier alpha value is -8.19. The summed E-state index contributed by atoms with van der Waals surface area (Å²) >= 11 is 0. The van der Waals surface area contributed by atoms with Crippen LogP contribution in [0.2, 0.25) is 0 Å². The van der Waals surface area contributed by atoms with Crippen LogP contribution in [-0.2, 0) is 13.0 Å². The maximum Gasteiger partial charge on any atom is 0.143 e. The molecule has 0 N–H and O–H groups in total. The van der Waals surface area contributed by atoms with Gasteiger partial charge in [0.2, 0.25) is 0 Å². The number of hydrogen-bond acceptors (Lipinski definition) is 4. The largest absolute Gasteiger partial charge is 0.456 e. The van der Waals surface area contributed by atoms with Gasteiger partial charge in [0.05, 0.1) is 29.3 Å². The highest BCUT2D eigenvalue weighted by Crippen LogP contribution is 2.85. The quantitative estimate of drug-likeness (QED) is 0.149. The molecule has 0 bridgehead atoms. The Morgan fingerprint density at radius 1 is 0.521 bits per heavy atom. The molecule has 12 aromatic rings. The Morgan fingerprint density at radius 3 is 1.96 bits per heavy atom. The van der Waals surface area contributed by atoms with Crippen molar-refractivity contribution < 1.29 is 8.83 Å². The first-order valence-electron chi connectivity index (χ1n) is 24.8. The number of aryl methyl sites for hydroxylation is 1. The highest BCUT2D eigenvalue weighted by atomic mass is 32.3. The summed E-state index contributed by atoms with van der Waals surface area (Å²) in [7, 11) is 5.77. The van der Waals surface area contributed by atoms with Crippen LogP contribution in [0.4, 0.5) is 28.4 Å². The summed E-state index contributed by atoms with van der Waals surface area (Å²) in [5.74, 6) is 0. The second-order valence-electron chi connectivity index (χ2n) is 19.2. The number of furan rings is 2. The van der Waals surface area contributed by atoms with Crippen molar-refractivity contribution in [2.45, 2.75) is 52.3 Å². The molecule has 15 rings (SSSR count). The van der Waals surface area contributed by atoms with Gasteiger partial charge >= 0.3 is 0 Å². The fourth-order valence-electron chi connectivity index (χ4n) is 12.4. The standard InChI is InChI=1S/C65H45BN2O2S/c1-2-3-18-40-33-34-50(47(37-40)41-19-5-4-6-20-41)68(52-35-36-56-62(63(52)66)45-24-8-13-28-55(45)69-56)53-38-48-42-21-7-12-27-54(42)70-65(48)61-46-25-17-32-60-64(46)67(39-49(53)61)51-26-11-16-31-59(51)71(60)57-29-14-9-22-43(57)44-23-10-15-30-58(44)71/h4-17,19-38H,2-3,18,39H2,1H3. The molecule has 2 aromatic heterocycles. The summed E-state index contributed by atoms with van der Waals surface area (Å²) < 4.78 is 13.7. The normalized spacial score (nSPS) is 14.1. The topological polar surface area (TPSA) is 32.8 Å². The van der Waals surface area contributed by atoms with Crippen molar-refractivity contribution in [3.63, 3.8) is 0 Å². The number of fused-ring (bicyclic) bond motifs is 18. The monoisotopic (exact) mass is 928 g/mol. The van der Waals surface area contributed by atoms with E-state index in [2.05, 4.69) is 211 Å². The summed E-state index contributed by atoms with van der Waals surface area (Å²) in [6, 6.07) is 75.9. The van der Waals surface area contributed by atoms with Gasteiger partial charge in [0.15, 0.2) is 0 Å². The molecular formula is C65H45BN2O2S. The van der Waals surface area contributed by atoms with Crippen LogP contribution in [-0.4, -0.2) is 7.85 Å². The SMILES string of the molecule is [B]c1c(N(c2ccc(CCCC)cc2-c2ccccc2)c2cc3c(oc4ccccc43)c3c2CN2c4ccccc4S4(c5ccccc5-c5ccccc54)c4cccc-3c42)ccc2oc3ccccc3c12. The van der Waals surface area contributed by atoms with Crippen molar-refractivity contribution in [3.8, 4) is 33.4 Å². The van der Waals surface area contributed by atoms with Crippen LogP contribution in [0.15, 0.2) is 235 Å². The molecule has 6 heteroatoms. The molecule has 5 heterocycles. The Balaban J connectivity index is 1.09. The summed E-state index contributed by atoms with van der Waals surface area (Å²) in [6.45, 7) is 2.86. The van der Waals surface area contributed by atoms with Crippen molar-refractivity contribution in [1.82, 2.24) is 0 Å². The van der Waals surface area contributed by atoms with Crippen molar-refractivity contribution in [2.24, 2.45) is 0 Å². The van der Waals surface area contributed by atoms with Crippen LogP contribution in [0.5, 0.6) is 0 Å². The molecule has 0 fully saturated rings. The van der Waals surface area contributed by atoms with Gasteiger partial charge in [-0.1, -0.05) is 152 Å². The van der Waals surface area contributed by atoms with E-state index in [4.69, 9.17) is 16.7 Å². The predicted octanol–water partition coefficient (Wildman–Crippen LogP) is 17.7. The molecule has 3 aliphatic rings. The summed E-state index contributed by atoms with van der Waals surface area (Å²) in [5.41, 5.74) is 19.2. The molecule has 0 amide bonds. The van der Waals surface area contributed by atoms with E-state index in [-0.39, 0.29) is 0 Å². The highest BCUT2D eigenvalue weighted by molar-refractivity contribution is 8.34. The number of hydrogen-bond donors (Lipinski definition) is 0. The fourth-order valence-corrected chi connectivity index (χ4v) is 16.9. The molecule has 4 nitrogen and oxygen atoms in total. The zero-order valence-electron chi connectivity index (χ0n) is 39.2. The van der Waals surface area contributed by atoms with Gasteiger partial charge in [0.25, 0.3) is 0 Å². The van der Waals surface area contributed by atoms with Crippen molar-refractivity contribution in [2.75, 3.05) is 9.80 Å². The third-order valence-electron chi connectivity index (χ3n) is 15.4. The Bertz CT molecular complexity index is 4140. The maximum absolute atomic E-state index is 7.69. The molecule has 336 valence electrons. The van der Waals surface area contributed by atoms with E-state index < -0.39 is 10.0 Å². The van der Waals surface area contributed by atoms with Gasteiger partial charge in [0.1, 0.15) is 30.2 Å². The third-order valence-corrected chi connectivity index (χ3v) is 19.4. The summed E-state index contributed by atoms with van der Waals surface area (Å²) in [4.78, 5) is 10.6. The Morgan fingerprint density at radius 2 is 1.17 bits per heavy atom. The van der Waals surface area contributed by atoms with Crippen LogP contribution < -0.4 is 15.3 Å². The van der Waals surface area contributed by atoms with E-state index in [1.54, 1.807) is 0 Å². The lowest BCUT2D eigenvalue weighted by molar-refractivity contribution is 0.668. The molecule has 0 saturated heterocycles. The van der Waals surface area contributed by atoms with E-state index in [1.807, 2.05) is 12.1 Å². The molecule has 71 heavy (non-hydrogen) atoms. The van der Waals surface area contributed by atoms with Gasteiger partial charge in [0, 0.05) is 69.1 Å². The van der Waals surface area contributed by atoms with Gasteiger partial charge in [-0.15, -0.1) is 10.0 Å². The minimum atomic E-state index is -1.92. The second-order valence-corrected chi connectivity index (χ2v) is 22.1. The smallest absolute Gasteiger partial charge is 0.143 e. The Labute approximate surface area is 415 Å². The first-order valence-corrected chi connectivity index (χ1v) is 26.4. The van der Waals surface area contributed by atoms with Gasteiger partial charge in [-0.2, -0.15) is 0 Å². The zero-order valence-corrected chi connectivity index (χ0v) is 40.0. The number of rotatable bonds is 7. The van der Waals surface area contributed by atoms with E-state index in [1.165, 1.54) is 58.8 Å². The molecule has 0 aliphatic carbocycles. The molecule has 3 aliphatic heterocycles. The van der Waals surface area contributed by atoms with Crippen LogP contribution in [0, 0.1) is 0 Å². The molecule has 0 atom stereocenters. The van der Waals surface area contributed by atoms with Crippen molar-refractivity contribution >= 4 is 95.7 Å². The van der Waals surface area contributed by atoms with Gasteiger partial charge in [-0.25, -0.2) is 0 Å². The molecule has 1 spiro atoms. The Kier molecular flexibility index (Phi) is 8.83. The van der Waals surface area contributed by atoms with Gasteiger partial charge < -0.3 is 18.6 Å². The lowest BCUT2D eigenvalue weighted by Gasteiger charge is -2.50. The molecule has 2 radical (unpaired) electrons. The zero-order chi connectivity index (χ0) is 47.0. The third kappa shape index (κ3) is 5.60. The lowest BCUT2D eigenvalue weighted by atomic mass is 9.85. The van der Waals surface area contributed by atoms with Crippen LogP contribution in [0.1, 0.15) is 30.9 Å². The second kappa shape index (κ2) is 15.4. The average Bonchev–Trinajstić information content (AvgIpc) is 4.09. The average molecular weight is 929 g/mol. The summed E-state index contributed by atoms with van der Waals surface area (Å²) in [5, 5.41) is 4.05. The van der Waals surface area contributed by atoms with E-state index >= 15 is 0 Å². The lowest BCUT2D eigenvalue weighted by Crippen LogP contribution is -2.30. The van der Waals surface area contributed by atoms with E-state index in [0.29, 0.717) is 12.0 Å². The first-order chi connectivity index (χ1) is 35.1. The highest BCUT2D eigenvalue weighted by Gasteiger charge is 2.50. The maximum atomic E-state index is 7.69. The summed E-state index contributed by atoms with van der Waals surface area (Å²) in [6.07, 6.45) is 3.24. The fraction of sp³-hybridized carbons (Fsp3) is 0.0769. The van der Waals surface area contributed by atoms with E-state index in [0.717, 1.165) is 96.9 Å². The van der Waals surface area contributed by atoms with Gasteiger partial charge in [-0.3, -0.25) is 0 Å². The van der Waals surface area contributed by atoms with Crippen LogP contribution in [0.25, 0.3) is 77.3 Å². The van der Waals surface area contributed by atoms with Crippen LogP contribution >= 0.6 is 10.0 Å². The number of benzene rings is 10. The van der Waals surface area contributed by atoms with Crippen molar-refractivity contribution in [3.05, 3.63) is 217 Å². The minimum absolute atomic E-state index is 0.597. The molecule has 10 aromatic carbocycles. The van der Waals surface area contributed by atoms with Crippen LogP contribution in [0.3, 0.4) is 0 Å². The van der Waals surface area contributed by atoms with Gasteiger partial charge in [-0.05, 0) is 108 Å².